The molecule has 258 valence electrons. The molecule has 0 fully saturated rings. The fraction of sp³-hybridized carbons (Fsp3) is 0.242. The monoisotopic (exact) mass is 697 g/mol. The molecule has 13 nitrogen and oxygen atoms in total. The molecule has 49 heavy (non-hydrogen) atoms. The van der Waals surface area contributed by atoms with Crippen molar-refractivity contribution in [1.29, 1.82) is 0 Å². The van der Waals surface area contributed by atoms with Gasteiger partial charge in [-0.3, -0.25) is 19.1 Å². The normalized spacial score (nSPS) is 12.0. The van der Waals surface area contributed by atoms with Gasteiger partial charge in [-0.2, -0.15) is 0 Å². The van der Waals surface area contributed by atoms with Gasteiger partial charge in [0.05, 0.1) is 16.3 Å². The Bertz CT molecular complexity index is 2090. The quantitative estimate of drug-likeness (QED) is 0.164. The Hall–Kier alpha value is -5.64. The number of carboxylic acid groups (broad SMARTS) is 1. The lowest BCUT2D eigenvalue weighted by atomic mass is 10.0. The van der Waals surface area contributed by atoms with Gasteiger partial charge >= 0.3 is 11.7 Å². The van der Waals surface area contributed by atoms with Gasteiger partial charge in [0.25, 0.3) is 27.4 Å². The zero-order valence-electron chi connectivity index (χ0n) is 26.6. The van der Waals surface area contributed by atoms with Crippen molar-refractivity contribution in [1.82, 2.24) is 19.8 Å². The summed E-state index contributed by atoms with van der Waals surface area (Å²) >= 11 is 0. The van der Waals surface area contributed by atoms with Gasteiger partial charge in [-0.15, -0.1) is 0 Å². The van der Waals surface area contributed by atoms with Gasteiger partial charge in [-0.25, -0.2) is 31.4 Å². The number of carbonyl (C=O) groups excluding carboxylic acids is 2. The number of carboxylic acids is 1. The molecule has 3 aromatic carbocycles. The summed E-state index contributed by atoms with van der Waals surface area (Å²) in [6, 6.07) is 11.2. The predicted octanol–water partition coefficient (Wildman–Crippen LogP) is 2.96. The number of amides is 2. The van der Waals surface area contributed by atoms with Gasteiger partial charge in [0.1, 0.15) is 23.2 Å². The molecule has 2 amide bonds. The molecule has 1 heterocycles. The van der Waals surface area contributed by atoms with E-state index < -0.39 is 62.1 Å². The van der Waals surface area contributed by atoms with Crippen molar-refractivity contribution in [3.63, 3.8) is 0 Å². The molecule has 0 radical (unpaired) electrons. The molecule has 4 N–H and O–H groups in total. The largest absolute Gasteiger partial charge is 0.480 e. The molecule has 0 saturated carbocycles. The minimum Gasteiger partial charge on any atom is -0.480 e. The average Bonchev–Trinajstić information content (AvgIpc) is 3.05. The second-order valence-electron chi connectivity index (χ2n) is 11.0. The summed E-state index contributed by atoms with van der Waals surface area (Å²) in [6.45, 7) is 3.83. The summed E-state index contributed by atoms with van der Waals surface area (Å²) in [5.41, 5.74) is -2.11. The van der Waals surface area contributed by atoms with Crippen LogP contribution in [0.3, 0.4) is 0 Å². The highest BCUT2D eigenvalue weighted by molar-refractivity contribution is 7.92. The Morgan fingerprint density at radius 3 is 2.00 bits per heavy atom. The standard InChI is InChI=1S/C33H33F2N5O8S/c1-4-21(5-2)36-30(42)20-8-12-24(13-9-20)49(47,48)38-22-17-25(34)29(26(35)18-22)31(43)37-27(32(44)45)16-19-6-10-23(11-7-19)40-28(41)14-15-39(3)33(40)46/h6-15,17-18,21,27,38H,4-5,16H2,1-3H3,(H,36,42)(H,37,43)(H,44,45)/t27-/m0/s1. The van der Waals surface area contributed by atoms with E-state index in [2.05, 4.69) is 10.6 Å². The predicted molar refractivity (Wildman–Crippen MR) is 175 cm³/mol. The van der Waals surface area contributed by atoms with Crippen LogP contribution in [-0.2, 0) is 28.3 Å². The lowest BCUT2D eigenvalue weighted by Gasteiger charge is -2.16. The molecular formula is C33H33F2N5O8S. The van der Waals surface area contributed by atoms with E-state index in [1.165, 1.54) is 60.3 Å². The van der Waals surface area contributed by atoms with E-state index in [-0.39, 0.29) is 34.5 Å². The molecule has 0 aliphatic heterocycles. The van der Waals surface area contributed by atoms with Crippen LogP contribution in [0.5, 0.6) is 0 Å². The lowest BCUT2D eigenvalue weighted by molar-refractivity contribution is -0.139. The van der Waals surface area contributed by atoms with E-state index in [1.54, 1.807) is 0 Å². The Balaban J connectivity index is 1.47. The summed E-state index contributed by atoms with van der Waals surface area (Å²) in [5.74, 6) is -6.25. The molecular weight excluding hydrogens is 664 g/mol. The van der Waals surface area contributed by atoms with Gasteiger partial charge in [-0.05, 0) is 66.9 Å². The molecule has 1 atom stereocenters. The van der Waals surface area contributed by atoms with Gasteiger partial charge in [-0.1, -0.05) is 26.0 Å². The number of anilines is 1. The van der Waals surface area contributed by atoms with Crippen LogP contribution >= 0.6 is 0 Å². The third kappa shape index (κ3) is 8.45. The summed E-state index contributed by atoms with van der Waals surface area (Å²) in [4.78, 5) is 61.5. The number of aromatic nitrogens is 2. The van der Waals surface area contributed by atoms with Crippen LogP contribution in [0.1, 0.15) is 53.0 Å². The van der Waals surface area contributed by atoms with E-state index in [0.717, 1.165) is 16.7 Å². The number of hydrogen-bond donors (Lipinski definition) is 4. The number of benzene rings is 3. The van der Waals surface area contributed by atoms with Crippen LogP contribution in [-0.4, -0.2) is 52.5 Å². The number of carbonyl (C=O) groups is 3. The first kappa shape index (κ1) is 36.2. The first-order valence-corrected chi connectivity index (χ1v) is 16.5. The molecule has 0 saturated heterocycles. The number of rotatable bonds is 13. The smallest absolute Gasteiger partial charge is 0.335 e. The third-order valence-corrected chi connectivity index (χ3v) is 9.06. The van der Waals surface area contributed by atoms with Crippen molar-refractivity contribution in [2.45, 2.75) is 50.1 Å². The molecule has 0 spiro atoms. The summed E-state index contributed by atoms with van der Waals surface area (Å²) in [6.07, 6.45) is 2.41. The molecule has 1 aromatic heterocycles. The van der Waals surface area contributed by atoms with E-state index in [9.17, 15) is 37.5 Å². The molecule has 0 unspecified atom stereocenters. The zero-order valence-corrected chi connectivity index (χ0v) is 27.4. The molecule has 16 heteroatoms. The third-order valence-electron chi connectivity index (χ3n) is 7.66. The Morgan fingerprint density at radius 1 is 0.857 bits per heavy atom. The molecule has 0 aliphatic rings. The minimum atomic E-state index is -4.38. The Labute approximate surface area is 279 Å². The topological polar surface area (TPSA) is 186 Å². The highest BCUT2D eigenvalue weighted by Crippen LogP contribution is 2.23. The van der Waals surface area contributed by atoms with E-state index in [0.29, 0.717) is 30.5 Å². The van der Waals surface area contributed by atoms with Crippen molar-refractivity contribution in [2.75, 3.05) is 4.72 Å². The molecule has 0 aliphatic carbocycles. The van der Waals surface area contributed by atoms with Crippen LogP contribution in [0, 0.1) is 11.6 Å². The number of nitrogens with one attached hydrogen (secondary N) is 3. The lowest BCUT2D eigenvalue weighted by Crippen LogP contribution is -2.43. The van der Waals surface area contributed by atoms with Crippen LogP contribution in [0.4, 0.5) is 14.5 Å². The molecule has 0 bridgehead atoms. The first-order chi connectivity index (χ1) is 23.1. The van der Waals surface area contributed by atoms with E-state index in [1.807, 2.05) is 18.6 Å². The minimum absolute atomic E-state index is 0.0480. The Kier molecular flexibility index (Phi) is 11.1. The highest BCUT2D eigenvalue weighted by atomic mass is 32.2. The second-order valence-corrected chi connectivity index (χ2v) is 12.7. The maximum Gasteiger partial charge on any atom is 0.335 e. The summed E-state index contributed by atoms with van der Waals surface area (Å²) < 4.78 is 60.0. The van der Waals surface area contributed by atoms with Crippen molar-refractivity contribution in [3.8, 4) is 5.69 Å². The maximum atomic E-state index is 15.0. The SMILES string of the molecule is CCC(CC)NC(=O)c1ccc(S(=O)(=O)Nc2cc(F)c(C(=O)N[C@@H](Cc3ccc(-n4c(=O)ccn(C)c4=O)cc3)C(=O)O)c(F)c2)cc1. The number of aryl methyl sites for hydroxylation is 1. The number of halogens is 2. The number of hydrogen-bond acceptors (Lipinski definition) is 7. The van der Waals surface area contributed by atoms with Crippen molar-refractivity contribution >= 4 is 33.5 Å². The number of sulfonamides is 1. The van der Waals surface area contributed by atoms with Crippen molar-refractivity contribution < 1.29 is 36.7 Å². The molecule has 4 aromatic rings. The van der Waals surface area contributed by atoms with Gasteiger partial charge in [0.15, 0.2) is 0 Å². The zero-order chi connectivity index (χ0) is 36.0. The highest BCUT2D eigenvalue weighted by Gasteiger charge is 2.27. The number of aliphatic carboxylic acids is 1. The van der Waals surface area contributed by atoms with Crippen LogP contribution in [0.15, 0.2) is 87.4 Å². The average molecular weight is 698 g/mol. The molecule has 4 rings (SSSR count). The van der Waals surface area contributed by atoms with E-state index in [4.69, 9.17) is 0 Å². The fourth-order valence-electron chi connectivity index (χ4n) is 4.86. The van der Waals surface area contributed by atoms with Gasteiger partial charge in [0, 0.05) is 37.3 Å². The van der Waals surface area contributed by atoms with Crippen LogP contribution in [0.25, 0.3) is 5.69 Å². The van der Waals surface area contributed by atoms with Gasteiger partial charge in [0.2, 0.25) is 0 Å². The van der Waals surface area contributed by atoms with Gasteiger partial charge < -0.3 is 20.3 Å². The number of nitrogens with zero attached hydrogens (tertiary/aromatic N) is 2. The van der Waals surface area contributed by atoms with Crippen molar-refractivity contribution in [2.24, 2.45) is 7.05 Å². The Morgan fingerprint density at radius 2 is 1.45 bits per heavy atom. The maximum absolute atomic E-state index is 15.0. The first-order valence-electron chi connectivity index (χ1n) is 15.0. The second kappa shape index (κ2) is 15.1. The van der Waals surface area contributed by atoms with Crippen molar-refractivity contribution in [3.05, 3.63) is 122 Å². The fourth-order valence-corrected chi connectivity index (χ4v) is 5.90. The summed E-state index contributed by atoms with van der Waals surface area (Å²) in [5, 5.41) is 14.6. The van der Waals surface area contributed by atoms with Crippen LogP contribution in [0.2, 0.25) is 0 Å². The van der Waals surface area contributed by atoms with E-state index >= 15 is 8.78 Å². The van der Waals surface area contributed by atoms with Crippen LogP contribution < -0.4 is 26.6 Å². The summed E-state index contributed by atoms with van der Waals surface area (Å²) in [7, 11) is -2.92.